The number of nitrogens with two attached hydrogens (primary N) is 1. The molecule has 0 aliphatic carbocycles. The van der Waals surface area contributed by atoms with E-state index in [0.717, 1.165) is 12.1 Å². The Bertz CT molecular complexity index is 687. The van der Waals surface area contributed by atoms with Gasteiger partial charge in [-0.3, -0.25) is 20.2 Å². The van der Waals surface area contributed by atoms with Crippen LogP contribution < -0.4 is 10.5 Å². The number of hydrogen-bond acceptors (Lipinski definition) is 6. The number of nitrogens with zero attached hydrogens (tertiary/aromatic N) is 2. The zero-order chi connectivity index (χ0) is 14.7. The first kappa shape index (κ1) is 13.3. The molecule has 0 unspecified atom stereocenters. The number of ether oxygens (including phenoxy) is 1. The number of nitrogen functional groups attached to an aromatic ring is 1. The SMILES string of the molecule is Nc1cccc(Oc2ccc([N+](=O)[O-])cc2[N+](=O)[O-])c1. The summed E-state index contributed by atoms with van der Waals surface area (Å²) in [5.74, 6) is 0.216. The van der Waals surface area contributed by atoms with Crippen molar-refractivity contribution in [2.24, 2.45) is 0 Å². The smallest absolute Gasteiger partial charge is 0.318 e. The molecule has 8 nitrogen and oxygen atoms in total. The molecule has 20 heavy (non-hydrogen) atoms. The van der Waals surface area contributed by atoms with E-state index in [1.807, 2.05) is 0 Å². The van der Waals surface area contributed by atoms with Crippen LogP contribution in [0.5, 0.6) is 11.5 Å². The Hall–Kier alpha value is -3.16. The van der Waals surface area contributed by atoms with Crippen LogP contribution >= 0.6 is 0 Å². The summed E-state index contributed by atoms with van der Waals surface area (Å²) < 4.78 is 5.34. The molecule has 0 atom stereocenters. The van der Waals surface area contributed by atoms with Gasteiger partial charge in [0.25, 0.3) is 5.69 Å². The Morgan fingerprint density at radius 3 is 2.35 bits per heavy atom. The fourth-order valence-electron chi connectivity index (χ4n) is 1.55. The van der Waals surface area contributed by atoms with Crippen molar-refractivity contribution in [3.63, 3.8) is 0 Å². The maximum atomic E-state index is 10.9. The molecule has 2 rings (SSSR count). The van der Waals surface area contributed by atoms with Crippen molar-refractivity contribution in [1.82, 2.24) is 0 Å². The van der Waals surface area contributed by atoms with Gasteiger partial charge < -0.3 is 10.5 Å². The number of non-ortho nitro benzene ring substituents is 1. The van der Waals surface area contributed by atoms with Crippen LogP contribution in [-0.4, -0.2) is 9.85 Å². The van der Waals surface area contributed by atoms with E-state index in [4.69, 9.17) is 10.5 Å². The number of hydrogen-bond donors (Lipinski definition) is 1. The van der Waals surface area contributed by atoms with E-state index < -0.39 is 15.5 Å². The lowest BCUT2D eigenvalue weighted by Gasteiger charge is -2.06. The van der Waals surface area contributed by atoms with Crippen molar-refractivity contribution in [2.75, 3.05) is 5.73 Å². The summed E-state index contributed by atoms with van der Waals surface area (Å²) in [5, 5.41) is 21.5. The molecule has 0 aliphatic heterocycles. The van der Waals surface area contributed by atoms with E-state index in [9.17, 15) is 20.2 Å². The zero-order valence-corrected chi connectivity index (χ0v) is 10.1. The topological polar surface area (TPSA) is 122 Å². The molecule has 8 heteroatoms. The van der Waals surface area contributed by atoms with Crippen LogP contribution in [0.4, 0.5) is 17.1 Å². The van der Waals surface area contributed by atoms with E-state index >= 15 is 0 Å². The van der Waals surface area contributed by atoms with Crippen LogP contribution in [0.3, 0.4) is 0 Å². The molecule has 0 radical (unpaired) electrons. The maximum Gasteiger partial charge on any atom is 0.318 e. The van der Waals surface area contributed by atoms with Crippen LogP contribution in [0.25, 0.3) is 0 Å². The summed E-state index contributed by atoms with van der Waals surface area (Å²) in [7, 11) is 0. The normalized spacial score (nSPS) is 10.0. The average molecular weight is 275 g/mol. The second kappa shape index (κ2) is 5.22. The lowest BCUT2D eigenvalue weighted by molar-refractivity contribution is -0.394. The van der Waals surface area contributed by atoms with Gasteiger partial charge in [-0.1, -0.05) is 6.07 Å². The molecule has 0 aliphatic rings. The Labute approximate surface area is 112 Å². The van der Waals surface area contributed by atoms with Crippen LogP contribution in [0.15, 0.2) is 42.5 Å². The fraction of sp³-hybridized carbons (Fsp3) is 0. The highest BCUT2D eigenvalue weighted by Gasteiger charge is 2.21. The number of nitro benzene ring substituents is 2. The minimum absolute atomic E-state index is 0.0915. The second-order valence-electron chi connectivity index (χ2n) is 3.84. The van der Waals surface area contributed by atoms with Crippen molar-refractivity contribution >= 4 is 17.1 Å². The Balaban J connectivity index is 2.41. The molecule has 0 bridgehead atoms. The first-order chi connectivity index (χ1) is 9.47. The van der Waals surface area contributed by atoms with Crippen LogP contribution in [0.1, 0.15) is 0 Å². The Morgan fingerprint density at radius 2 is 1.75 bits per heavy atom. The van der Waals surface area contributed by atoms with E-state index in [2.05, 4.69) is 0 Å². The lowest BCUT2D eigenvalue weighted by Crippen LogP contribution is -1.96. The molecule has 0 aromatic heterocycles. The van der Waals surface area contributed by atoms with Gasteiger partial charge >= 0.3 is 5.69 Å². The molecule has 0 heterocycles. The first-order valence-corrected chi connectivity index (χ1v) is 5.43. The highest BCUT2D eigenvalue weighted by Crippen LogP contribution is 2.34. The Morgan fingerprint density at radius 1 is 1.00 bits per heavy atom. The van der Waals surface area contributed by atoms with Gasteiger partial charge in [0.2, 0.25) is 5.75 Å². The van der Waals surface area contributed by atoms with Gasteiger partial charge in [0, 0.05) is 17.8 Å². The molecule has 102 valence electrons. The summed E-state index contributed by atoms with van der Waals surface area (Å²) >= 11 is 0. The van der Waals surface area contributed by atoms with Gasteiger partial charge in [-0.25, -0.2) is 0 Å². The largest absolute Gasteiger partial charge is 0.450 e. The summed E-state index contributed by atoms with van der Waals surface area (Å²) in [6.45, 7) is 0. The molecule has 2 N–H and O–H groups in total. The molecule has 2 aromatic carbocycles. The third-order valence-corrected chi connectivity index (χ3v) is 2.44. The summed E-state index contributed by atoms with van der Waals surface area (Å²) in [4.78, 5) is 20.1. The average Bonchev–Trinajstić information content (AvgIpc) is 2.38. The first-order valence-electron chi connectivity index (χ1n) is 5.43. The van der Waals surface area contributed by atoms with Crippen molar-refractivity contribution in [3.05, 3.63) is 62.7 Å². The summed E-state index contributed by atoms with van der Waals surface area (Å²) in [5.41, 5.74) is 5.15. The number of rotatable bonds is 4. The van der Waals surface area contributed by atoms with Crippen molar-refractivity contribution in [3.8, 4) is 11.5 Å². The van der Waals surface area contributed by atoms with Crippen LogP contribution in [0, 0.1) is 20.2 Å². The molecular weight excluding hydrogens is 266 g/mol. The monoisotopic (exact) mass is 275 g/mol. The van der Waals surface area contributed by atoms with Gasteiger partial charge in [-0.05, 0) is 18.2 Å². The van der Waals surface area contributed by atoms with E-state index in [1.54, 1.807) is 18.2 Å². The predicted molar refractivity (Wildman–Crippen MR) is 70.7 cm³/mol. The van der Waals surface area contributed by atoms with Crippen molar-refractivity contribution in [2.45, 2.75) is 0 Å². The third kappa shape index (κ3) is 2.80. The standard InChI is InChI=1S/C12H9N3O5/c13-8-2-1-3-10(6-8)20-12-5-4-9(14(16)17)7-11(12)15(18)19/h1-7H,13H2. The van der Waals surface area contributed by atoms with Crippen LogP contribution in [-0.2, 0) is 0 Å². The third-order valence-electron chi connectivity index (χ3n) is 2.44. The van der Waals surface area contributed by atoms with Gasteiger partial charge in [0.15, 0.2) is 0 Å². The summed E-state index contributed by atoms with van der Waals surface area (Å²) in [6, 6.07) is 9.49. The zero-order valence-electron chi connectivity index (χ0n) is 10.1. The minimum atomic E-state index is -0.741. The highest BCUT2D eigenvalue weighted by atomic mass is 16.6. The van der Waals surface area contributed by atoms with E-state index in [1.165, 1.54) is 12.1 Å². The van der Waals surface area contributed by atoms with E-state index in [-0.39, 0.29) is 11.4 Å². The van der Waals surface area contributed by atoms with Gasteiger partial charge in [0.1, 0.15) is 5.75 Å². The second-order valence-corrected chi connectivity index (χ2v) is 3.84. The molecule has 0 spiro atoms. The van der Waals surface area contributed by atoms with Crippen LogP contribution in [0.2, 0.25) is 0 Å². The van der Waals surface area contributed by atoms with Gasteiger partial charge in [-0.15, -0.1) is 0 Å². The minimum Gasteiger partial charge on any atom is -0.450 e. The lowest BCUT2D eigenvalue weighted by atomic mass is 10.2. The summed E-state index contributed by atoms with van der Waals surface area (Å²) in [6.07, 6.45) is 0. The molecule has 0 fully saturated rings. The van der Waals surface area contributed by atoms with Gasteiger partial charge in [-0.2, -0.15) is 0 Å². The number of nitro groups is 2. The molecule has 0 saturated heterocycles. The number of anilines is 1. The van der Waals surface area contributed by atoms with Crippen molar-refractivity contribution < 1.29 is 14.6 Å². The molecule has 0 saturated carbocycles. The molecule has 2 aromatic rings. The van der Waals surface area contributed by atoms with Gasteiger partial charge in [0.05, 0.1) is 15.9 Å². The molecule has 0 amide bonds. The quantitative estimate of drug-likeness (QED) is 0.520. The predicted octanol–water partition coefficient (Wildman–Crippen LogP) is 2.88. The maximum absolute atomic E-state index is 10.9. The Kier molecular flexibility index (Phi) is 3.47. The fourth-order valence-corrected chi connectivity index (χ4v) is 1.55. The van der Waals surface area contributed by atoms with E-state index in [0.29, 0.717) is 11.4 Å². The van der Waals surface area contributed by atoms with Crippen molar-refractivity contribution in [1.29, 1.82) is 0 Å². The number of benzene rings is 2. The highest BCUT2D eigenvalue weighted by molar-refractivity contribution is 5.55. The molecular formula is C12H9N3O5.